The molecule has 0 aromatic carbocycles. The van der Waals surface area contributed by atoms with Gasteiger partial charge in [-0.15, -0.1) is 5.10 Å². The lowest BCUT2D eigenvalue weighted by molar-refractivity contribution is -0.144. The quantitative estimate of drug-likeness (QED) is 0.603. The second-order valence-electron chi connectivity index (χ2n) is 4.45. The van der Waals surface area contributed by atoms with Crippen LogP contribution in [0.15, 0.2) is 9.95 Å². The number of thioether (sulfide) groups is 1. The first kappa shape index (κ1) is 15.8. The largest absolute Gasteiger partial charge is 0.480 e. The Morgan fingerprint density at radius 2 is 2.32 bits per heavy atom. The number of hydrogen-bond donors (Lipinski definition) is 3. The third kappa shape index (κ3) is 3.84. The number of carboxylic acid groups (broad SMARTS) is 1. The molecule has 1 unspecified atom stereocenters. The molecule has 0 radical (unpaired) electrons. The molecule has 0 saturated carbocycles. The predicted octanol–water partition coefficient (Wildman–Crippen LogP) is 0.526. The Balaban J connectivity index is 2.63. The van der Waals surface area contributed by atoms with Gasteiger partial charge in [-0.3, -0.25) is 9.36 Å². The number of carboxylic acids is 1. The third-order valence-electron chi connectivity index (χ3n) is 3.03. The molecule has 0 aliphatic carbocycles. The zero-order valence-electron chi connectivity index (χ0n) is 11.4. The van der Waals surface area contributed by atoms with E-state index in [2.05, 4.69) is 15.5 Å². The Labute approximate surface area is 115 Å². The van der Waals surface area contributed by atoms with Gasteiger partial charge in [0.05, 0.1) is 0 Å². The second kappa shape index (κ2) is 6.76. The molecule has 0 aliphatic rings. The lowest BCUT2D eigenvalue weighted by atomic mass is 10.00. The van der Waals surface area contributed by atoms with Crippen LogP contribution in [0.5, 0.6) is 0 Å². The summed E-state index contributed by atoms with van der Waals surface area (Å²) in [6, 6.07) is 0. The number of likely N-dealkylation sites (N-methyl/N-ethyl adjacent to an activating group) is 1. The van der Waals surface area contributed by atoms with Gasteiger partial charge < -0.3 is 10.4 Å². The van der Waals surface area contributed by atoms with Crippen molar-refractivity contribution in [2.45, 2.75) is 43.9 Å². The SMILES string of the molecule is CCCn1c(SCCC(C)(NC)C(=O)O)n[nH]c1=O. The van der Waals surface area contributed by atoms with E-state index in [1.807, 2.05) is 6.92 Å². The molecule has 0 spiro atoms. The van der Waals surface area contributed by atoms with Gasteiger partial charge in [0.2, 0.25) is 0 Å². The van der Waals surface area contributed by atoms with E-state index in [1.54, 1.807) is 18.5 Å². The van der Waals surface area contributed by atoms with Crippen LogP contribution in [0.3, 0.4) is 0 Å². The van der Waals surface area contributed by atoms with Crippen LogP contribution >= 0.6 is 11.8 Å². The van der Waals surface area contributed by atoms with E-state index in [-0.39, 0.29) is 5.69 Å². The van der Waals surface area contributed by atoms with Gasteiger partial charge >= 0.3 is 11.7 Å². The van der Waals surface area contributed by atoms with E-state index in [0.29, 0.717) is 23.9 Å². The molecule has 19 heavy (non-hydrogen) atoms. The Morgan fingerprint density at radius 3 is 2.84 bits per heavy atom. The standard InChI is InChI=1S/C11H20N4O3S/c1-4-6-15-9(18)13-14-10(15)19-7-5-11(2,12-3)8(16)17/h12H,4-7H2,1-3H3,(H,13,18)(H,16,17). The molecule has 0 fully saturated rings. The van der Waals surface area contributed by atoms with E-state index in [1.165, 1.54) is 11.8 Å². The maximum Gasteiger partial charge on any atom is 0.343 e. The van der Waals surface area contributed by atoms with Gasteiger partial charge in [0.15, 0.2) is 5.16 Å². The highest BCUT2D eigenvalue weighted by molar-refractivity contribution is 7.99. The van der Waals surface area contributed by atoms with Crippen molar-refractivity contribution >= 4 is 17.7 Å². The summed E-state index contributed by atoms with van der Waals surface area (Å²) in [6.07, 6.45) is 1.28. The molecule has 0 saturated heterocycles. The molecule has 7 nitrogen and oxygen atoms in total. The minimum Gasteiger partial charge on any atom is -0.480 e. The molecule has 1 aromatic heterocycles. The summed E-state index contributed by atoms with van der Waals surface area (Å²) >= 11 is 1.38. The topological polar surface area (TPSA) is 100 Å². The van der Waals surface area contributed by atoms with Gasteiger partial charge in [-0.25, -0.2) is 9.89 Å². The molecule has 0 amide bonds. The molecule has 0 bridgehead atoms. The van der Waals surface area contributed by atoms with Crippen molar-refractivity contribution in [1.29, 1.82) is 0 Å². The maximum atomic E-state index is 11.5. The summed E-state index contributed by atoms with van der Waals surface area (Å²) < 4.78 is 1.57. The molecule has 1 atom stereocenters. The van der Waals surface area contributed by atoms with Crippen molar-refractivity contribution in [1.82, 2.24) is 20.1 Å². The lowest BCUT2D eigenvalue weighted by Gasteiger charge is -2.23. The first-order chi connectivity index (χ1) is 8.94. The van der Waals surface area contributed by atoms with Crippen LogP contribution in [0.1, 0.15) is 26.7 Å². The number of carbonyl (C=O) groups is 1. The average Bonchev–Trinajstić information content (AvgIpc) is 2.71. The van der Waals surface area contributed by atoms with Gasteiger partial charge in [0, 0.05) is 12.3 Å². The number of aromatic nitrogens is 3. The van der Waals surface area contributed by atoms with Crippen LogP contribution in [0.4, 0.5) is 0 Å². The number of aromatic amines is 1. The second-order valence-corrected chi connectivity index (χ2v) is 5.51. The van der Waals surface area contributed by atoms with Crippen molar-refractivity contribution in [3.05, 3.63) is 10.5 Å². The lowest BCUT2D eigenvalue weighted by Crippen LogP contribution is -2.47. The van der Waals surface area contributed by atoms with Gasteiger partial charge in [0.1, 0.15) is 5.54 Å². The van der Waals surface area contributed by atoms with E-state index < -0.39 is 11.5 Å². The number of H-pyrrole nitrogens is 1. The van der Waals surface area contributed by atoms with Gasteiger partial charge in [0.25, 0.3) is 0 Å². The summed E-state index contributed by atoms with van der Waals surface area (Å²) in [7, 11) is 1.63. The number of nitrogens with one attached hydrogen (secondary N) is 2. The third-order valence-corrected chi connectivity index (χ3v) is 4.01. The summed E-state index contributed by atoms with van der Waals surface area (Å²) in [6.45, 7) is 4.23. The summed E-state index contributed by atoms with van der Waals surface area (Å²) in [5.74, 6) is -0.318. The first-order valence-electron chi connectivity index (χ1n) is 6.15. The molecule has 8 heteroatoms. The highest BCUT2D eigenvalue weighted by Crippen LogP contribution is 2.19. The first-order valence-corrected chi connectivity index (χ1v) is 7.13. The van der Waals surface area contributed by atoms with Crippen LogP contribution < -0.4 is 11.0 Å². The van der Waals surface area contributed by atoms with Crippen LogP contribution in [-0.2, 0) is 11.3 Å². The van der Waals surface area contributed by atoms with Crippen LogP contribution in [0.25, 0.3) is 0 Å². The Hall–Kier alpha value is -1.28. The van der Waals surface area contributed by atoms with Crippen molar-refractivity contribution in [3.63, 3.8) is 0 Å². The normalized spacial score (nSPS) is 14.3. The van der Waals surface area contributed by atoms with Gasteiger partial charge in [-0.05, 0) is 26.8 Å². The van der Waals surface area contributed by atoms with Crippen molar-refractivity contribution < 1.29 is 9.90 Å². The van der Waals surface area contributed by atoms with Gasteiger partial charge in [-0.1, -0.05) is 18.7 Å². The van der Waals surface area contributed by atoms with E-state index in [4.69, 9.17) is 5.11 Å². The molecular weight excluding hydrogens is 268 g/mol. The molecular formula is C11H20N4O3S. The fraction of sp³-hybridized carbons (Fsp3) is 0.727. The predicted molar refractivity (Wildman–Crippen MR) is 73.6 cm³/mol. The number of hydrogen-bond acceptors (Lipinski definition) is 5. The van der Waals surface area contributed by atoms with Crippen molar-refractivity contribution in [2.75, 3.05) is 12.8 Å². The van der Waals surface area contributed by atoms with Crippen LogP contribution in [0.2, 0.25) is 0 Å². The molecule has 1 heterocycles. The van der Waals surface area contributed by atoms with E-state index in [9.17, 15) is 9.59 Å². The molecule has 3 N–H and O–H groups in total. The summed E-state index contributed by atoms with van der Waals surface area (Å²) in [5, 5.41) is 18.9. The highest BCUT2D eigenvalue weighted by Gasteiger charge is 2.30. The zero-order valence-corrected chi connectivity index (χ0v) is 12.2. The number of rotatable bonds is 8. The van der Waals surface area contributed by atoms with E-state index >= 15 is 0 Å². The van der Waals surface area contributed by atoms with Crippen molar-refractivity contribution in [3.8, 4) is 0 Å². The smallest absolute Gasteiger partial charge is 0.343 e. The molecule has 0 aliphatic heterocycles. The minimum atomic E-state index is -0.959. The average molecular weight is 288 g/mol. The van der Waals surface area contributed by atoms with Gasteiger partial charge in [-0.2, -0.15) is 0 Å². The van der Waals surface area contributed by atoms with Crippen LogP contribution in [-0.4, -0.2) is 44.2 Å². The molecule has 1 aromatic rings. The number of aliphatic carboxylic acids is 1. The Bertz CT molecular complexity index is 485. The summed E-state index contributed by atoms with van der Waals surface area (Å²) in [5.41, 5.74) is -1.18. The van der Waals surface area contributed by atoms with Crippen molar-refractivity contribution in [2.24, 2.45) is 0 Å². The fourth-order valence-electron chi connectivity index (χ4n) is 1.52. The Kier molecular flexibility index (Phi) is 5.61. The Morgan fingerprint density at radius 1 is 1.63 bits per heavy atom. The minimum absolute atomic E-state index is 0.223. The van der Waals surface area contributed by atoms with E-state index in [0.717, 1.165) is 6.42 Å². The number of nitrogens with zero attached hydrogens (tertiary/aromatic N) is 2. The maximum absolute atomic E-state index is 11.5. The molecule has 108 valence electrons. The zero-order chi connectivity index (χ0) is 14.5. The van der Waals surface area contributed by atoms with Crippen LogP contribution in [0, 0.1) is 0 Å². The summed E-state index contributed by atoms with van der Waals surface area (Å²) in [4.78, 5) is 22.6. The fourth-order valence-corrected chi connectivity index (χ4v) is 2.65. The molecule has 1 rings (SSSR count). The highest BCUT2D eigenvalue weighted by atomic mass is 32.2. The monoisotopic (exact) mass is 288 g/mol.